The first-order chi connectivity index (χ1) is 15.0. The van der Waals surface area contributed by atoms with Gasteiger partial charge in [-0.05, 0) is 68.3 Å². The number of rotatable bonds is 9. The first kappa shape index (κ1) is 22.7. The van der Waals surface area contributed by atoms with Crippen molar-refractivity contribution in [1.82, 2.24) is 4.90 Å². The lowest BCUT2D eigenvalue weighted by molar-refractivity contribution is -0.123. The third-order valence-corrected chi connectivity index (χ3v) is 5.61. The number of allylic oxidation sites excluding steroid dienone is 1. The zero-order chi connectivity index (χ0) is 22.4. The van der Waals surface area contributed by atoms with E-state index in [2.05, 4.69) is 6.58 Å². The Labute approximate surface area is 187 Å². The largest absolute Gasteiger partial charge is 0.490 e. The summed E-state index contributed by atoms with van der Waals surface area (Å²) in [6, 6.07) is 11.6. The van der Waals surface area contributed by atoms with Gasteiger partial charge in [0.2, 0.25) is 0 Å². The SMILES string of the molecule is C=CCc1cc(/C=C2\SC(=O)N(Cc3cccc(C)c3)C2=O)cc(OCC)c1OCC. The molecule has 0 unspecified atom stereocenters. The van der Waals surface area contributed by atoms with Crippen LogP contribution in [0.1, 0.15) is 36.1 Å². The number of thioether (sulfide) groups is 1. The van der Waals surface area contributed by atoms with Crippen molar-refractivity contribution in [3.8, 4) is 11.5 Å². The van der Waals surface area contributed by atoms with Crippen LogP contribution in [0.25, 0.3) is 6.08 Å². The number of hydrogen-bond donors (Lipinski definition) is 0. The second-order valence-corrected chi connectivity index (χ2v) is 8.12. The first-order valence-electron chi connectivity index (χ1n) is 10.3. The van der Waals surface area contributed by atoms with Crippen molar-refractivity contribution in [2.75, 3.05) is 13.2 Å². The molecule has 31 heavy (non-hydrogen) atoms. The van der Waals surface area contributed by atoms with E-state index in [1.165, 1.54) is 4.90 Å². The van der Waals surface area contributed by atoms with Gasteiger partial charge in [-0.25, -0.2) is 0 Å². The fourth-order valence-electron chi connectivity index (χ4n) is 3.43. The summed E-state index contributed by atoms with van der Waals surface area (Å²) in [6.45, 7) is 10.9. The highest BCUT2D eigenvalue weighted by Gasteiger charge is 2.35. The number of carbonyl (C=O) groups excluding carboxylic acids is 2. The van der Waals surface area contributed by atoms with Crippen LogP contribution in [0.2, 0.25) is 0 Å². The average Bonchev–Trinajstić information content (AvgIpc) is 2.98. The molecule has 162 valence electrons. The van der Waals surface area contributed by atoms with E-state index in [1.807, 2.05) is 57.2 Å². The van der Waals surface area contributed by atoms with Crippen molar-refractivity contribution >= 4 is 29.0 Å². The molecule has 0 radical (unpaired) electrons. The molecule has 0 aliphatic carbocycles. The number of benzene rings is 2. The summed E-state index contributed by atoms with van der Waals surface area (Å²) in [6.07, 6.45) is 4.14. The number of hydrogen-bond acceptors (Lipinski definition) is 5. The zero-order valence-corrected chi connectivity index (χ0v) is 19.0. The van der Waals surface area contributed by atoms with Crippen LogP contribution in [0.4, 0.5) is 4.79 Å². The van der Waals surface area contributed by atoms with E-state index in [1.54, 1.807) is 12.2 Å². The third-order valence-electron chi connectivity index (χ3n) is 4.70. The molecule has 2 aromatic rings. The summed E-state index contributed by atoms with van der Waals surface area (Å²) in [7, 11) is 0. The Kier molecular flexibility index (Phi) is 7.58. The van der Waals surface area contributed by atoms with E-state index in [9.17, 15) is 9.59 Å². The molecule has 0 N–H and O–H groups in total. The molecule has 1 fully saturated rings. The van der Waals surface area contributed by atoms with Gasteiger partial charge < -0.3 is 9.47 Å². The Balaban J connectivity index is 1.92. The average molecular weight is 438 g/mol. The minimum atomic E-state index is -0.284. The molecule has 0 spiro atoms. The predicted octanol–water partition coefficient (Wildman–Crippen LogP) is 5.76. The van der Waals surface area contributed by atoms with E-state index in [0.717, 1.165) is 34.0 Å². The van der Waals surface area contributed by atoms with E-state index in [-0.39, 0.29) is 17.7 Å². The van der Waals surface area contributed by atoms with Crippen molar-refractivity contribution in [3.05, 3.63) is 76.2 Å². The van der Waals surface area contributed by atoms with Gasteiger partial charge >= 0.3 is 0 Å². The van der Waals surface area contributed by atoms with Crippen molar-refractivity contribution in [2.24, 2.45) is 0 Å². The maximum Gasteiger partial charge on any atom is 0.293 e. The van der Waals surface area contributed by atoms with Gasteiger partial charge in [0.1, 0.15) is 0 Å². The monoisotopic (exact) mass is 437 g/mol. The van der Waals surface area contributed by atoms with Crippen molar-refractivity contribution in [3.63, 3.8) is 0 Å². The van der Waals surface area contributed by atoms with Gasteiger partial charge in [0, 0.05) is 5.56 Å². The standard InChI is InChI=1S/C25H27NO4S/c1-5-9-20-13-19(14-21(29-6-2)23(20)30-7-3)15-22-24(27)26(25(28)31-22)16-18-11-8-10-17(4)12-18/h5,8,10-15H,1,6-7,9,16H2,2-4H3/b22-15-. The van der Waals surface area contributed by atoms with Crippen molar-refractivity contribution in [2.45, 2.75) is 33.7 Å². The quantitative estimate of drug-likeness (QED) is 0.369. The van der Waals surface area contributed by atoms with E-state index >= 15 is 0 Å². The minimum Gasteiger partial charge on any atom is -0.490 e. The van der Waals surface area contributed by atoms with Gasteiger partial charge in [-0.15, -0.1) is 6.58 Å². The lowest BCUT2D eigenvalue weighted by atomic mass is 10.0. The molecule has 3 rings (SSSR count). The molecule has 1 saturated heterocycles. The molecule has 1 aliphatic rings. The molecule has 2 amide bonds. The zero-order valence-electron chi connectivity index (χ0n) is 18.1. The molecule has 0 saturated carbocycles. The Morgan fingerprint density at radius 3 is 2.55 bits per heavy atom. The number of carbonyl (C=O) groups is 2. The summed E-state index contributed by atoms with van der Waals surface area (Å²) >= 11 is 0.959. The van der Waals surface area contributed by atoms with Crippen LogP contribution in [-0.2, 0) is 17.8 Å². The van der Waals surface area contributed by atoms with E-state index in [4.69, 9.17) is 9.47 Å². The second-order valence-electron chi connectivity index (χ2n) is 7.12. The van der Waals surface area contributed by atoms with Gasteiger partial charge in [0.25, 0.3) is 11.1 Å². The molecule has 5 nitrogen and oxygen atoms in total. The molecule has 0 atom stereocenters. The maximum atomic E-state index is 12.9. The Bertz CT molecular complexity index is 1030. The molecule has 0 aromatic heterocycles. The summed E-state index contributed by atoms with van der Waals surface area (Å²) in [5.74, 6) is 1.02. The highest BCUT2D eigenvalue weighted by atomic mass is 32.2. The fourth-order valence-corrected chi connectivity index (χ4v) is 4.26. The molecule has 1 heterocycles. The van der Waals surface area contributed by atoms with Gasteiger partial charge in [0.05, 0.1) is 24.7 Å². The molecule has 2 aromatic carbocycles. The Morgan fingerprint density at radius 2 is 1.87 bits per heavy atom. The van der Waals surface area contributed by atoms with Crippen LogP contribution < -0.4 is 9.47 Å². The van der Waals surface area contributed by atoms with Crippen molar-refractivity contribution in [1.29, 1.82) is 0 Å². The van der Waals surface area contributed by atoms with Crippen LogP contribution in [0.15, 0.2) is 54.0 Å². The number of amides is 2. The van der Waals surface area contributed by atoms with Gasteiger partial charge in [-0.1, -0.05) is 35.9 Å². The predicted molar refractivity (Wildman–Crippen MR) is 125 cm³/mol. The lowest BCUT2D eigenvalue weighted by Crippen LogP contribution is -2.27. The van der Waals surface area contributed by atoms with Gasteiger partial charge in [-0.2, -0.15) is 0 Å². The van der Waals surface area contributed by atoms with E-state index in [0.29, 0.717) is 36.0 Å². The summed E-state index contributed by atoms with van der Waals surface area (Å²) in [4.78, 5) is 27.1. The number of ether oxygens (including phenoxy) is 2. The topological polar surface area (TPSA) is 55.8 Å². The Morgan fingerprint density at radius 1 is 1.10 bits per heavy atom. The third kappa shape index (κ3) is 5.39. The number of imide groups is 1. The molecular formula is C25H27NO4S. The summed E-state index contributed by atoms with van der Waals surface area (Å²) in [5.41, 5.74) is 3.72. The molecule has 0 bridgehead atoms. The highest BCUT2D eigenvalue weighted by Crippen LogP contribution is 2.37. The van der Waals surface area contributed by atoms with Crippen LogP contribution >= 0.6 is 11.8 Å². The normalized spacial score (nSPS) is 14.9. The van der Waals surface area contributed by atoms with Gasteiger partial charge in [-0.3, -0.25) is 14.5 Å². The minimum absolute atomic E-state index is 0.263. The van der Waals surface area contributed by atoms with Crippen LogP contribution in [-0.4, -0.2) is 29.3 Å². The fraction of sp³-hybridized carbons (Fsp3) is 0.280. The number of nitrogens with zero attached hydrogens (tertiary/aromatic N) is 1. The summed E-state index contributed by atoms with van der Waals surface area (Å²) in [5, 5.41) is -0.264. The summed E-state index contributed by atoms with van der Waals surface area (Å²) < 4.78 is 11.6. The molecule has 6 heteroatoms. The smallest absolute Gasteiger partial charge is 0.293 e. The molecular weight excluding hydrogens is 410 g/mol. The van der Waals surface area contributed by atoms with Crippen LogP contribution in [0.3, 0.4) is 0 Å². The Hall–Kier alpha value is -2.99. The molecule has 1 aliphatic heterocycles. The second kappa shape index (κ2) is 10.4. The number of aryl methyl sites for hydroxylation is 1. The maximum absolute atomic E-state index is 12.9. The van der Waals surface area contributed by atoms with Crippen molar-refractivity contribution < 1.29 is 19.1 Å². The van der Waals surface area contributed by atoms with Crippen LogP contribution in [0, 0.1) is 6.92 Å². The lowest BCUT2D eigenvalue weighted by Gasteiger charge is -2.16. The first-order valence-corrected chi connectivity index (χ1v) is 11.1. The van der Waals surface area contributed by atoms with Crippen LogP contribution in [0.5, 0.6) is 11.5 Å². The van der Waals surface area contributed by atoms with E-state index < -0.39 is 0 Å². The highest BCUT2D eigenvalue weighted by molar-refractivity contribution is 8.18. The van der Waals surface area contributed by atoms with Gasteiger partial charge in [0.15, 0.2) is 11.5 Å².